The van der Waals surface area contributed by atoms with Crippen LogP contribution >= 0.6 is 0 Å². The lowest BCUT2D eigenvalue weighted by molar-refractivity contribution is -0.935. The molecule has 0 aliphatic carbocycles. The number of rotatable bonds is 4. The Hall–Kier alpha value is 0.210. The summed E-state index contributed by atoms with van der Waals surface area (Å²) in [4.78, 5) is 0. The maximum absolute atomic E-state index is 5.43. The first-order valence-electron chi connectivity index (χ1n) is 4.49. The van der Waals surface area contributed by atoms with Gasteiger partial charge in [0.25, 0.3) is 0 Å². The molecule has 1 heterocycles. The average Bonchev–Trinajstić information content (AvgIpc) is 2.65. The van der Waals surface area contributed by atoms with Gasteiger partial charge in [0, 0.05) is 6.92 Å². The number of nitrogens with zero attached hydrogens (tertiary/aromatic N) is 1. The molecule has 0 spiro atoms. The number of unbranched alkanes of at least 4 members (excludes halogenated alkanes) is 1. The highest BCUT2D eigenvalue weighted by atomic mass is 35.5. The first-order valence-corrected chi connectivity index (χ1v) is 4.49. The largest absolute Gasteiger partial charge is 1.00 e. The van der Waals surface area contributed by atoms with E-state index in [-0.39, 0.29) is 18.1 Å². The lowest BCUT2D eigenvalue weighted by atomic mass is 10.2. The predicted molar refractivity (Wildman–Crippen MR) is 46.2 cm³/mol. The van der Waals surface area contributed by atoms with Gasteiger partial charge in [-0.15, -0.1) is 0 Å². The van der Waals surface area contributed by atoms with Crippen LogP contribution in [-0.4, -0.2) is 37.5 Å². The summed E-state index contributed by atoms with van der Waals surface area (Å²) in [6.07, 6.45) is 2.57. The Labute approximate surface area is 81.9 Å². The van der Waals surface area contributed by atoms with Gasteiger partial charge >= 0.3 is 0 Å². The van der Waals surface area contributed by atoms with Crippen LogP contribution in [0.5, 0.6) is 0 Å². The number of likely N-dealkylation sites (N-methyl/N-ethyl adjacent to an activating group) is 1. The van der Waals surface area contributed by atoms with Crippen LogP contribution < -0.4 is 12.4 Å². The highest BCUT2D eigenvalue weighted by Gasteiger charge is 2.53. The molecule has 0 amide bonds. The molecule has 0 radical (unpaired) electrons. The Bertz CT molecular complexity index is 143. The monoisotopic (exact) mass is 193 g/mol. The van der Waals surface area contributed by atoms with Crippen molar-refractivity contribution in [2.75, 3.05) is 27.2 Å². The van der Waals surface area contributed by atoms with Crippen LogP contribution in [-0.2, 0) is 4.74 Å². The van der Waals surface area contributed by atoms with Gasteiger partial charge in [0.05, 0.1) is 20.6 Å². The summed E-state index contributed by atoms with van der Waals surface area (Å²) in [5.41, 5.74) is 0.134. The minimum absolute atomic E-state index is 0. The zero-order chi connectivity index (χ0) is 8.54. The molecule has 74 valence electrons. The van der Waals surface area contributed by atoms with Gasteiger partial charge in [-0.2, -0.15) is 0 Å². The Balaban J connectivity index is 0.00000121. The van der Waals surface area contributed by atoms with E-state index < -0.39 is 0 Å². The topological polar surface area (TPSA) is 12.5 Å². The molecule has 12 heavy (non-hydrogen) atoms. The van der Waals surface area contributed by atoms with Crippen molar-refractivity contribution in [1.29, 1.82) is 0 Å². The number of ether oxygens (including phenoxy) is 1. The van der Waals surface area contributed by atoms with Crippen molar-refractivity contribution in [2.45, 2.75) is 32.4 Å². The second kappa shape index (κ2) is 3.95. The van der Waals surface area contributed by atoms with Crippen molar-refractivity contribution in [3.05, 3.63) is 0 Å². The van der Waals surface area contributed by atoms with E-state index in [0.717, 1.165) is 11.1 Å². The van der Waals surface area contributed by atoms with Crippen molar-refractivity contribution in [3.8, 4) is 0 Å². The van der Waals surface area contributed by atoms with Crippen molar-refractivity contribution < 1.29 is 21.6 Å². The van der Waals surface area contributed by atoms with E-state index >= 15 is 0 Å². The summed E-state index contributed by atoms with van der Waals surface area (Å²) in [7, 11) is 4.51. The van der Waals surface area contributed by atoms with E-state index in [1.54, 1.807) is 0 Å². The van der Waals surface area contributed by atoms with Crippen molar-refractivity contribution in [1.82, 2.24) is 0 Å². The molecule has 0 aromatic rings. The van der Waals surface area contributed by atoms with Gasteiger partial charge in [-0.1, -0.05) is 13.3 Å². The molecular weight excluding hydrogens is 174 g/mol. The lowest BCUT2D eigenvalue weighted by Crippen LogP contribution is -3.00. The zero-order valence-electron chi connectivity index (χ0n) is 8.56. The quantitative estimate of drug-likeness (QED) is 0.396. The molecule has 3 heteroatoms. The van der Waals surface area contributed by atoms with E-state index in [4.69, 9.17) is 4.74 Å². The molecule has 1 aliphatic rings. The molecule has 2 nitrogen and oxygen atoms in total. The molecule has 0 bridgehead atoms. The van der Waals surface area contributed by atoms with Crippen LogP contribution in [0.3, 0.4) is 0 Å². The maximum Gasteiger partial charge on any atom is 0.224 e. The fourth-order valence-electron chi connectivity index (χ4n) is 1.24. The summed E-state index contributed by atoms with van der Waals surface area (Å²) < 4.78 is 6.44. The molecular formula is C9H20ClNO. The highest BCUT2D eigenvalue weighted by molar-refractivity contribution is 4.75. The van der Waals surface area contributed by atoms with Crippen LogP contribution in [0.2, 0.25) is 0 Å². The van der Waals surface area contributed by atoms with Crippen LogP contribution in [0.1, 0.15) is 26.7 Å². The SMILES string of the molecule is CCCC[N+](C)(C)C1(C)CO1.[Cl-]. The summed E-state index contributed by atoms with van der Waals surface area (Å²) in [6, 6.07) is 0. The zero-order valence-corrected chi connectivity index (χ0v) is 9.32. The summed E-state index contributed by atoms with van der Waals surface area (Å²) in [5.74, 6) is 0. The van der Waals surface area contributed by atoms with E-state index in [9.17, 15) is 0 Å². The van der Waals surface area contributed by atoms with Crippen molar-refractivity contribution >= 4 is 0 Å². The average molecular weight is 194 g/mol. The molecule has 1 rings (SSSR count). The summed E-state index contributed by atoms with van der Waals surface area (Å²) in [6.45, 7) is 6.59. The van der Waals surface area contributed by atoms with Gasteiger partial charge in [0.2, 0.25) is 5.72 Å². The molecule has 0 aromatic heterocycles. The highest BCUT2D eigenvalue weighted by Crippen LogP contribution is 2.34. The van der Waals surface area contributed by atoms with E-state index in [1.165, 1.54) is 19.4 Å². The Morgan fingerprint density at radius 2 is 1.92 bits per heavy atom. The second-order valence-electron chi connectivity index (χ2n) is 4.23. The standard InChI is InChI=1S/C9H20NO.ClH/c1-5-6-7-10(3,4)9(2)8-11-9;/h5-8H2,1-4H3;1H/q+1;/p-1. The summed E-state index contributed by atoms with van der Waals surface area (Å²) in [5, 5.41) is 0. The molecule has 1 atom stereocenters. The molecule has 0 saturated carbocycles. The molecule has 1 unspecified atom stereocenters. The molecule has 1 fully saturated rings. The number of hydrogen-bond donors (Lipinski definition) is 0. The Morgan fingerprint density at radius 1 is 1.42 bits per heavy atom. The maximum atomic E-state index is 5.43. The van der Waals surface area contributed by atoms with Gasteiger partial charge in [0.15, 0.2) is 0 Å². The van der Waals surface area contributed by atoms with Gasteiger partial charge in [-0.3, -0.25) is 4.48 Å². The van der Waals surface area contributed by atoms with Crippen molar-refractivity contribution in [3.63, 3.8) is 0 Å². The predicted octanol–water partition coefficient (Wildman–Crippen LogP) is -1.39. The van der Waals surface area contributed by atoms with Crippen LogP contribution in [0.4, 0.5) is 0 Å². The third-order valence-corrected chi connectivity index (χ3v) is 2.91. The number of epoxide rings is 1. The minimum atomic E-state index is 0. The minimum Gasteiger partial charge on any atom is -1.00 e. The summed E-state index contributed by atoms with van der Waals surface area (Å²) >= 11 is 0. The number of quaternary nitrogens is 1. The third-order valence-electron chi connectivity index (χ3n) is 2.91. The first-order chi connectivity index (χ1) is 5.02. The molecule has 0 N–H and O–H groups in total. The fraction of sp³-hybridized carbons (Fsp3) is 1.00. The third kappa shape index (κ3) is 2.35. The van der Waals surface area contributed by atoms with Gasteiger partial charge in [-0.05, 0) is 6.42 Å². The van der Waals surface area contributed by atoms with Gasteiger partial charge < -0.3 is 17.1 Å². The van der Waals surface area contributed by atoms with Crippen LogP contribution in [0.15, 0.2) is 0 Å². The second-order valence-corrected chi connectivity index (χ2v) is 4.23. The Kier molecular flexibility index (Phi) is 4.01. The first kappa shape index (κ1) is 12.2. The molecule has 0 aromatic carbocycles. The Morgan fingerprint density at radius 3 is 2.25 bits per heavy atom. The van der Waals surface area contributed by atoms with Crippen LogP contribution in [0.25, 0.3) is 0 Å². The van der Waals surface area contributed by atoms with E-state index in [2.05, 4.69) is 27.9 Å². The number of hydrogen-bond acceptors (Lipinski definition) is 1. The number of halogens is 1. The lowest BCUT2D eigenvalue weighted by Gasteiger charge is -2.33. The van der Waals surface area contributed by atoms with Gasteiger partial charge in [0.1, 0.15) is 6.61 Å². The molecule has 1 aliphatic heterocycles. The fourth-order valence-corrected chi connectivity index (χ4v) is 1.24. The van der Waals surface area contributed by atoms with Crippen molar-refractivity contribution in [2.24, 2.45) is 0 Å². The smallest absolute Gasteiger partial charge is 0.224 e. The van der Waals surface area contributed by atoms with E-state index in [0.29, 0.717) is 0 Å². The van der Waals surface area contributed by atoms with E-state index in [1.807, 2.05) is 0 Å². The van der Waals surface area contributed by atoms with Crippen LogP contribution in [0, 0.1) is 0 Å². The molecule has 1 saturated heterocycles. The van der Waals surface area contributed by atoms with Gasteiger partial charge in [-0.25, -0.2) is 0 Å². The normalized spacial score (nSPS) is 28.0.